The van der Waals surface area contributed by atoms with Gasteiger partial charge in [-0.2, -0.15) is 0 Å². The highest BCUT2D eigenvalue weighted by atomic mass is 16.7. The Hall–Kier alpha value is -3.68. The number of rotatable bonds is 43. The average molecular weight is 980 g/mol. The van der Waals surface area contributed by atoms with Crippen LogP contribution >= 0.6 is 0 Å². The van der Waals surface area contributed by atoms with E-state index >= 15 is 0 Å². The predicted octanol–water partition coefficient (Wildman–Crippen LogP) is 11.8. The van der Waals surface area contributed by atoms with E-state index in [2.05, 4.69) is 74.7 Å². The van der Waals surface area contributed by atoms with E-state index in [9.17, 15) is 35.1 Å². The molecule has 11 heteroatoms. The molecular formula is C59H97NO10. The van der Waals surface area contributed by atoms with Crippen molar-refractivity contribution in [3.8, 4) is 0 Å². The Labute approximate surface area is 424 Å². The van der Waals surface area contributed by atoms with E-state index in [0.717, 1.165) is 77.0 Å². The number of ether oxygens (including phenoxy) is 3. The number of carbonyl (C=O) groups is 2. The largest absolute Gasteiger partial charge is 0.454 e. The van der Waals surface area contributed by atoms with E-state index in [4.69, 9.17) is 14.2 Å². The summed E-state index contributed by atoms with van der Waals surface area (Å²) in [5, 5.41) is 56.6. The molecule has 70 heavy (non-hydrogen) atoms. The van der Waals surface area contributed by atoms with E-state index in [1.807, 2.05) is 54.7 Å². The number of allylic oxidation sites excluding steroid dienone is 17. The van der Waals surface area contributed by atoms with Gasteiger partial charge in [0.05, 0.1) is 25.4 Å². The molecule has 6 N–H and O–H groups in total. The molecule has 398 valence electrons. The van der Waals surface area contributed by atoms with Crippen LogP contribution in [0.15, 0.2) is 109 Å². The molecule has 0 radical (unpaired) electrons. The minimum absolute atomic E-state index is 0.0648. The highest BCUT2D eigenvalue weighted by Crippen LogP contribution is 2.26. The number of carbonyl (C=O) groups excluding carboxylic acids is 2. The zero-order valence-corrected chi connectivity index (χ0v) is 43.6. The van der Waals surface area contributed by atoms with E-state index in [1.165, 1.54) is 64.2 Å². The van der Waals surface area contributed by atoms with Crippen molar-refractivity contribution in [3.63, 3.8) is 0 Å². The van der Waals surface area contributed by atoms with Crippen molar-refractivity contribution >= 4 is 11.9 Å². The van der Waals surface area contributed by atoms with Crippen molar-refractivity contribution in [3.05, 3.63) is 109 Å². The van der Waals surface area contributed by atoms with Crippen LogP contribution in [0.4, 0.5) is 0 Å². The van der Waals surface area contributed by atoms with Crippen LogP contribution in [-0.2, 0) is 23.8 Å². The maximum Gasteiger partial charge on any atom is 0.306 e. The predicted molar refractivity (Wildman–Crippen MR) is 287 cm³/mol. The van der Waals surface area contributed by atoms with E-state index in [0.29, 0.717) is 12.8 Å². The maximum atomic E-state index is 13.3. The molecule has 1 heterocycles. The summed E-state index contributed by atoms with van der Waals surface area (Å²) in [6.07, 6.45) is 51.5. The Bertz CT molecular complexity index is 1550. The lowest BCUT2D eigenvalue weighted by Gasteiger charge is -2.41. The van der Waals surface area contributed by atoms with Gasteiger partial charge >= 0.3 is 5.97 Å². The molecule has 1 amide bonds. The zero-order valence-electron chi connectivity index (χ0n) is 43.6. The first-order valence-electron chi connectivity index (χ1n) is 27.2. The van der Waals surface area contributed by atoms with E-state index < -0.39 is 67.4 Å². The van der Waals surface area contributed by atoms with Gasteiger partial charge in [0.2, 0.25) is 5.91 Å². The minimum atomic E-state index is -1.64. The van der Waals surface area contributed by atoms with Crippen LogP contribution in [0.5, 0.6) is 0 Å². The number of esters is 1. The fourth-order valence-corrected chi connectivity index (χ4v) is 7.65. The molecule has 0 spiro atoms. The van der Waals surface area contributed by atoms with Crippen molar-refractivity contribution in [2.75, 3.05) is 13.2 Å². The lowest BCUT2D eigenvalue weighted by molar-refractivity contribution is -0.305. The molecule has 1 saturated heterocycles. The van der Waals surface area contributed by atoms with E-state index in [-0.39, 0.29) is 19.4 Å². The van der Waals surface area contributed by atoms with Crippen molar-refractivity contribution < 1.29 is 49.3 Å². The van der Waals surface area contributed by atoms with Crippen molar-refractivity contribution in [1.82, 2.24) is 5.32 Å². The van der Waals surface area contributed by atoms with E-state index in [1.54, 1.807) is 6.08 Å². The number of hydrogen-bond acceptors (Lipinski definition) is 10. The third kappa shape index (κ3) is 34.6. The molecule has 8 atom stereocenters. The second kappa shape index (κ2) is 46.4. The fourth-order valence-electron chi connectivity index (χ4n) is 7.65. The number of aliphatic hydroxyl groups excluding tert-OH is 5. The van der Waals surface area contributed by atoms with Crippen LogP contribution in [0.3, 0.4) is 0 Å². The molecule has 11 nitrogen and oxygen atoms in total. The van der Waals surface area contributed by atoms with Crippen LogP contribution < -0.4 is 5.32 Å². The van der Waals surface area contributed by atoms with Gasteiger partial charge in [0.1, 0.15) is 24.4 Å². The van der Waals surface area contributed by atoms with Gasteiger partial charge in [-0.1, -0.05) is 207 Å². The van der Waals surface area contributed by atoms with Crippen LogP contribution in [0.1, 0.15) is 188 Å². The highest BCUT2D eigenvalue weighted by molar-refractivity contribution is 5.80. The molecular weight excluding hydrogens is 883 g/mol. The summed E-state index contributed by atoms with van der Waals surface area (Å²) in [7, 11) is 0. The topological polar surface area (TPSA) is 175 Å². The lowest BCUT2D eigenvalue weighted by Crippen LogP contribution is -2.61. The third-order valence-corrected chi connectivity index (χ3v) is 12.0. The number of unbranched alkanes of at least 4 members (excludes halogenated alkanes) is 16. The summed E-state index contributed by atoms with van der Waals surface area (Å²) in [5.74, 6) is -1.31. The van der Waals surface area contributed by atoms with Gasteiger partial charge in [0.25, 0.3) is 0 Å². The van der Waals surface area contributed by atoms with Crippen molar-refractivity contribution in [2.45, 2.75) is 237 Å². The van der Waals surface area contributed by atoms with Gasteiger partial charge in [-0.25, -0.2) is 0 Å². The average Bonchev–Trinajstić information content (AvgIpc) is 3.36. The molecule has 1 fully saturated rings. The van der Waals surface area contributed by atoms with Crippen molar-refractivity contribution in [1.29, 1.82) is 0 Å². The highest BCUT2D eigenvalue weighted by Gasteiger charge is 2.47. The Morgan fingerprint density at radius 1 is 0.586 bits per heavy atom. The molecule has 1 aliphatic heterocycles. The monoisotopic (exact) mass is 980 g/mol. The number of amides is 1. The van der Waals surface area contributed by atoms with Crippen molar-refractivity contribution in [2.24, 2.45) is 0 Å². The molecule has 0 aromatic heterocycles. The molecule has 0 aromatic carbocycles. The lowest BCUT2D eigenvalue weighted by atomic mass is 9.99. The van der Waals surface area contributed by atoms with Gasteiger partial charge in [-0.15, -0.1) is 0 Å². The second-order valence-electron chi connectivity index (χ2n) is 18.3. The molecule has 0 aromatic rings. The smallest absolute Gasteiger partial charge is 0.306 e. The van der Waals surface area contributed by atoms with Crippen LogP contribution in [-0.4, -0.2) is 99.6 Å². The Balaban J connectivity index is 2.84. The second-order valence-corrected chi connectivity index (χ2v) is 18.3. The molecule has 0 saturated carbocycles. The normalized spacial score (nSPS) is 20.6. The number of aliphatic hydroxyl groups is 5. The van der Waals surface area contributed by atoms with Crippen LogP contribution in [0.25, 0.3) is 0 Å². The van der Waals surface area contributed by atoms with Gasteiger partial charge < -0.3 is 45.1 Å². The summed E-state index contributed by atoms with van der Waals surface area (Å²) in [4.78, 5) is 26.4. The molecule has 8 unspecified atom stereocenters. The van der Waals surface area contributed by atoms with Gasteiger partial charge in [-0.05, 0) is 83.5 Å². The summed E-state index contributed by atoms with van der Waals surface area (Å²) in [6.45, 7) is 5.52. The quantitative estimate of drug-likeness (QED) is 0.0149. The first kappa shape index (κ1) is 64.3. The SMILES string of the molecule is CC/C=C/C=C/C=C\C=C/CCCCCC(=O)OC1C(OCC(NC(=O)C(O)CC/C=C\C/C=C\C/C=C\C/C=C\CCCCC)C(O)/C=C/CCCCCCCCCCCC)OC(CO)C(O)C1O. The summed E-state index contributed by atoms with van der Waals surface area (Å²) < 4.78 is 17.5. The molecule has 0 aliphatic carbocycles. The fraction of sp³-hybridized carbons (Fsp3) is 0.661. The molecule has 1 aliphatic rings. The van der Waals surface area contributed by atoms with Crippen LogP contribution in [0.2, 0.25) is 0 Å². The number of nitrogens with one attached hydrogen (secondary N) is 1. The maximum absolute atomic E-state index is 13.3. The van der Waals surface area contributed by atoms with Crippen LogP contribution in [0, 0.1) is 0 Å². The molecule has 1 rings (SSSR count). The van der Waals surface area contributed by atoms with Gasteiger partial charge in [0.15, 0.2) is 12.4 Å². The first-order chi connectivity index (χ1) is 34.2. The van der Waals surface area contributed by atoms with Gasteiger partial charge in [-0.3, -0.25) is 9.59 Å². The standard InChI is InChI=1S/C59H97NO10/c1-4-7-10-13-16-19-22-25-26-27-29-31-34-37-40-43-46-52(63)58(67)60-50(51(62)45-42-39-36-33-30-24-21-18-15-12-9-6-3)49-68-59-57(56(66)55(65)53(48-61)69-59)70-54(64)47-44-41-38-35-32-28-23-20-17-14-11-8-5-2/h8,11,14,16-17,19-20,23,25-26,28-29,31-32,37,40,42,45,50-53,55-57,59,61-63,65-66H,4-7,9-10,12-13,15,18,21-22,24,27,30,33-36,38-39,41,43-44,46-49H2,1-3H3,(H,60,67)/b11-8+,17-14+,19-16-,23-20-,26-25-,31-29-,32-28-,40-37-,45-42+. The summed E-state index contributed by atoms with van der Waals surface area (Å²) >= 11 is 0. The Kier molecular flexibility index (Phi) is 42.6. The Morgan fingerprint density at radius 2 is 1.09 bits per heavy atom. The summed E-state index contributed by atoms with van der Waals surface area (Å²) in [5.41, 5.74) is 0. The third-order valence-electron chi connectivity index (χ3n) is 12.0. The zero-order chi connectivity index (χ0) is 51.1. The molecule has 0 bridgehead atoms. The first-order valence-corrected chi connectivity index (χ1v) is 27.2. The summed E-state index contributed by atoms with van der Waals surface area (Å²) in [6, 6.07) is -1.07. The van der Waals surface area contributed by atoms with Gasteiger partial charge in [0, 0.05) is 6.42 Å². The minimum Gasteiger partial charge on any atom is -0.454 e. The number of hydrogen-bond donors (Lipinski definition) is 6. The Morgan fingerprint density at radius 3 is 1.70 bits per heavy atom.